The van der Waals surface area contributed by atoms with E-state index < -0.39 is 0 Å². The third-order valence-corrected chi connectivity index (χ3v) is 2.54. The van der Waals surface area contributed by atoms with Crippen molar-refractivity contribution in [3.63, 3.8) is 0 Å². The lowest BCUT2D eigenvalue weighted by Crippen LogP contribution is -1.96. The first-order chi connectivity index (χ1) is 8.74. The number of hydrogen-bond donors (Lipinski definition) is 0. The van der Waals surface area contributed by atoms with Gasteiger partial charge in [-0.2, -0.15) is 0 Å². The highest BCUT2D eigenvalue weighted by Gasteiger charge is 1.92. The second kappa shape index (κ2) is 5.82. The van der Waals surface area contributed by atoms with Gasteiger partial charge in [0.05, 0.1) is 0 Å². The van der Waals surface area contributed by atoms with E-state index in [1.807, 2.05) is 42.5 Å². The monoisotopic (exact) mass is 237 g/mol. The SMILES string of the molecule is C/[N+]([O-])=C/c1ccc(/C=C/c2ccccc2)cc1. The molecule has 0 amide bonds. The minimum atomic E-state index is 0.800. The molecule has 0 aromatic heterocycles. The quantitative estimate of drug-likeness (QED) is 0.264. The van der Waals surface area contributed by atoms with Crippen molar-refractivity contribution in [1.82, 2.24) is 0 Å². The summed E-state index contributed by atoms with van der Waals surface area (Å²) in [4.78, 5) is 0. The van der Waals surface area contributed by atoms with Gasteiger partial charge in [0.1, 0.15) is 7.05 Å². The lowest BCUT2D eigenvalue weighted by molar-refractivity contribution is -0.416. The van der Waals surface area contributed by atoms with Crippen molar-refractivity contribution >= 4 is 18.4 Å². The van der Waals surface area contributed by atoms with E-state index in [0.717, 1.165) is 15.9 Å². The summed E-state index contributed by atoms with van der Waals surface area (Å²) < 4.78 is 0.800. The van der Waals surface area contributed by atoms with Gasteiger partial charge in [-0.25, -0.2) is 4.74 Å². The Morgan fingerprint density at radius 1 is 0.778 bits per heavy atom. The van der Waals surface area contributed by atoms with E-state index in [4.69, 9.17) is 0 Å². The Morgan fingerprint density at radius 2 is 1.28 bits per heavy atom. The van der Waals surface area contributed by atoms with Crippen LogP contribution in [0.2, 0.25) is 0 Å². The lowest BCUT2D eigenvalue weighted by atomic mass is 10.1. The van der Waals surface area contributed by atoms with Crippen LogP contribution in [0.1, 0.15) is 16.7 Å². The predicted octanol–water partition coefficient (Wildman–Crippen LogP) is 3.42. The number of hydrogen-bond acceptors (Lipinski definition) is 1. The van der Waals surface area contributed by atoms with Crippen LogP contribution in [0.3, 0.4) is 0 Å². The number of nitrogens with zero attached hydrogens (tertiary/aromatic N) is 1. The summed E-state index contributed by atoms with van der Waals surface area (Å²) in [6.07, 6.45) is 5.67. The zero-order chi connectivity index (χ0) is 12.8. The van der Waals surface area contributed by atoms with Gasteiger partial charge < -0.3 is 5.21 Å². The lowest BCUT2D eigenvalue weighted by Gasteiger charge is -1.97. The average Bonchev–Trinajstić information content (AvgIpc) is 2.38. The minimum Gasteiger partial charge on any atom is -0.624 e. The molecule has 2 nitrogen and oxygen atoms in total. The van der Waals surface area contributed by atoms with Crippen molar-refractivity contribution in [2.75, 3.05) is 7.05 Å². The summed E-state index contributed by atoms with van der Waals surface area (Å²) in [7, 11) is 1.48. The van der Waals surface area contributed by atoms with Gasteiger partial charge in [0.25, 0.3) is 0 Å². The van der Waals surface area contributed by atoms with Crippen LogP contribution < -0.4 is 0 Å². The minimum absolute atomic E-state index is 0.800. The van der Waals surface area contributed by atoms with E-state index in [2.05, 4.69) is 24.3 Å². The molecular weight excluding hydrogens is 222 g/mol. The molecule has 0 atom stereocenters. The molecule has 0 N–H and O–H groups in total. The molecule has 2 rings (SSSR count). The smallest absolute Gasteiger partial charge is 0.181 e. The van der Waals surface area contributed by atoms with Crippen molar-refractivity contribution in [3.05, 3.63) is 76.5 Å². The Bertz CT molecular complexity index is 549. The van der Waals surface area contributed by atoms with Crippen LogP contribution in [0.4, 0.5) is 0 Å². The Hall–Kier alpha value is -2.35. The average molecular weight is 237 g/mol. The van der Waals surface area contributed by atoms with Crippen LogP contribution in [0.15, 0.2) is 54.6 Å². The van der Waals surface area contributed by atoms with E-state index >= 15 is 0 Å². The maximum Gasteiger partial charge on any atom is 0.181 e. The first-order valence-electron chi connectivity index (χ1n) is 5.82. The van der Waals surface area contributed by atoms with E-state index in [1.165, 1.54) is 12.6 Å². The summed E-state index contributed by atoms with van der Waals surface area (Å²) in [5.74, 6) is 0. The molecule has 0 aliphatic heterocycles. The second-order valence-electron chi connectivity index (χ2n) is 4.09. The molecule has 0 spiro atoms. The molecular formula is C16H15NO. The normalized spacial score (nSPS) is 11.9. The van der Waals surface area contributed by atoms with Gasteiger partial charge in [0.2, 0.25) is 0 Å². The molecule has 2 aromatic rings. The topological polar surface area (TPSA) is 26.1 Å². The fraction of sp³-hybridized carbons (Fsp3) is 0.0625. The van der Waals surface area contributed by atoms with Crippen LogP contribution in [-0.2, 0) is 0 Å². The first-order valence-corrected chi connectivity index (χ1v) is 5.82. The summed E-state index contributed by atoms with van der Waals surface area (Å²) in [5, 5.41) is 10.9. The summed E-state index contributed by atoms with van der Waals surface area (Å²) in [6, 6.07) is 18.0. The van der Waals surface area contributed by atoms with Gasteiger partial charge in [0, 0.05) is 5.56 Å². The van der Waals surface area contributed by atoms with Gasteiger partial charge >= 0.3 is 0 Å². The van der Waals surface area contributed by atoms with E-state index in [0.29, 0.717) is 0 Å². The molecule has 0 radical (unpaired) electrons. The van der Waals surface area contributed by atoms with Crippen molar-refractivity contribution in [2.24, 2.45) is 0 Å². The fourth-order valence-corrected chi connectivity index (χ4v) is 1.66. The summed E-state index contributed by atoms with van der Waals surface area (Å²) in [5.41, 5.74) is 3.20. The van der Waals surface area contributed by atoms with Crippen LogP contribution >= 0.6 is 0 Å². The molecule has 0 unspecified atom stereocenters. The largest absolute Gasteiger partial charge is 0.624 e. The standard InChI is InChI=1S/C16H15NO/c1-17(18)13-16-11-9-15(10-12-16)8-7-14-5-3-2-4-6-14/h2-13H,1H3/b8-7+,17-13-. The predicted molar refractivity (Wildman–Crippen MR) is 76.5 cm³/mol. The van der Waals surface area contributed by atoms with E-state index in [9.17, 15) is 5.21 Å². The van der Waals surface area contributed by atoms with Crippen molar-refractivity contribution < 1.29 is 4.74 Å². The highest BCUT2D eigenvalue weighted by Crippen LogP contribution is 2.08. The van der Waals surface area contributed by atoms with Crippen molar-refractivity contribution in [3.8, 4) is 0 Å². The maximum absolute atomic E-state index is 10.9. The van der Waals surface area contributed by atoms with Crippen LogP contribution in [0, 0.1) is 5.21 Å². The van der Waals surface area contributed by atoms with Gasteiger partial charge in [-0.1, -0.05) is 54.6 Å². The fourth-order valence-electron chi connectivity index (χ4n) is 1.66. The van der Waals surface area contributed by atoms with Crippen LogP contribution in [0.25, 0.3) is 12.2 Å². The van der Waals surface area contributed by atoms with Crippen LogP contribution in [-0.4, -0.2) is 18.0 Å². The molecule has 18 heavy (non-hydrogen) atoms. The Balaban J connectivity index is 2.11. The zero-order valence-electron chi connectivity index (χ0n) is 10.3. The number of benzene rings is 2. The van der Waals surface area contributed by atoms with Gasteiger partial charge in [-0.15, -0.1) is 0 Å². The van der Waals surface area contributed by atoms with Gasteiger partial charge in [-0.05, 0) is 23.3 Å². The molecule has 0 saturated heterocycles. The molecule has 2 heteroatoms. The van der Waals surface area contributed by atoms with Crippen molar-refractivity contribution in [1.29, 1.82) is 0 Å². The van der Waals surface area contributed by atoms with Crippen molar-refractivity contribution in [2.45, 2.75) is 0 Å². The molecule has 0 bridgehead atoms. The zero-order valence-corrected chi connectivity index (χ0v) is 10.3. The molecule has 0 aliphatic rings. The van der Waals surface area contributed by atoms with E-state index in [1.54, 1.807) is 6.21 Å². The van der Waals surface area contributed by atoms with E-state index in [-0.39, 0.29) is 0 Å². The highest BCUT2D eigenvalue weighted by atomic mass is 16.5. The molecule has 2 aromatic carbocycles. The third kappa shape index (κ3) is 3.59. The van der Waals surface area contributed by atoms with Gasteiger partial charge in [-0.3, -0.25) is 0 Å². The molecule has 0 heterocycles. The number of rotatable bonds is 3. The van der Waals surface area contributed by atoms with Gasteiger partial charge in [0.15, 0.2) is 6.21 Å². The first kappa shape index (κ1) is 12.1. The molecule has 0 aliphatic carbocycles. The Kier molecular flexibility index (Phi) is 3.92. The molecule has 0 fully saturated rings. The number of hydroxylamine groups is 1. The summed E-state index contributed by atoms with van der Waals surface area (Å²) >= 11 is 0. The second-order valence-corrected chi connectivity index (χ2v) is 4.09. The van der Waals surface area contributed by atoms with Crippen LogP contribution in [0.5, 0.6) is 0 Å². The molecule has 90 valence electrons. The maximum atomic E-state index is 10.9. The third-order valence-electron chi connectivity index (χ3n) is 2.54. The molecule has 0 saturated carbocycles. The Morgan fingerprint density at radius 3 is 1.83 bits per heavy atom. The Labute approximate surface area is 107 Å². The highest BCUT2D eigenvalue weighted by molar-refractivity contribution is 5.77. The summed E-state index contributed by atoms with van der Waals surface area (Å²) in [6.45, 7) is 0.